The zero-order valence-electron chi connectivity index (χ0n) is 12.0. The van der Waals surface area contributed by atoms with E-state index >= 15 is 0 Å². The van der Waals surface area contributed by atoms with E-state index in [0.717, 1.165) is 23.9 Å². The van der Waals surface area contributed by atoms with Gasteiger partial charge < -0.3 is 10.1 Å². The van der Waals surface area contributed by atoms with Crippen molar-refractivity contribution >= 4 is 10.9 Å². The summed E-state index contributed by atoms with van der Waals surface area (Å²) in [6.07, 6.45) is 11.8. The van der Waals surface area contributed by atoms with E-state index < -0.39 is 5.60 Å². The van der Waals surface area contributed by atoms with Crippen LogP contribution in [0.15, 0.2) is 30.5 Å². The molecule has 0 radical (unpaired) electrons. The molecule has 1 aromatic heterocycles. The predicted octanol–water partition coefficient (Wildman–Crippen LogP) is 4.49. The van der Waals surface area contributed by atoms with Gasteiger partial charge in [-0.1, -0.05) is 25.0 Å². The molecule has 106 valence electrons. The number of hydrogen-bond donors (Lipinski definition) is 2. The van der Waals surface area contributed by atoms with Crippen molar-refractivity contribution in [3.63, 3.8) is 0 Å². The van der Waals surface area contributed by atoms with Crippen LogP contribution in [0.4, 0.5) is 0 Å². The van der Waals surface area contributed by atoms with Crippen molar-refractivity contribution in [2.75, 3.05) is 0 Å². The second-order valence-electron chi connectivity index (χ2n) is 6.98. The Morgan fingerprint density at radius 3 is 2.40 bits per heavy atom. The molecular weight excluding hydrogens is 246 g/mol. The number of aromatic nitrogens is 1. The van der Waals surface area contributed by atoms with Gasteiger partial charge in [0.2, 0.25) is 0 Å². The molecule has 2 aliphatic rings. The van der Waals surface area contributed by atoms with E-state index in [1.807, 2.05) is 6.20 Å². The summed E-state index contributed by atoms with van der Waals surface area (Å²) >= 11 is 0. The lowest BCUT2D eigenvalue weighted by Crippen LogP contribution is -2.36. The molecule has 1 heterocycles. The fourth-order valence-corrected chi connectivity index (χ4v) is 4.58. The van der Waals surface area contributed by atoms with Crippen LogP contribution in [0.3, 0.4) is 0 Å². The molecule has 2 N–H and O–H groups in total. The highest BCUT2D eigenvalue weighted by Crippen LogP contribution is 2.54. The molecule has 0 unspecified atom stereocenters. The maximum absolute atomic E-state index is 11.2. The van der Waals surface area contributed by atoms with Crippen LogP contribution in [0.1, 0.15) is 56.9 Å². The van der Waals surface area contributed by atoms with Crippen LogP contribution in [0.2, 0.25) is 0 Å². The van der Waals surface area contributed by atoms with E-state index in [4.69, 9.17) is 0 Å². The van der Waals surface area contributed by atoms with Gasteiger partial charge in [0.1, 0.15) is 0 Å². The van der Waals surface area contributed by atoms with Crippen molar-refractivity contribution in [2.24, 2.45) is 5.41 Å². The number of benzene rings is 1. The average molecular weight is 269 g/mol. The lowest BCUT2D eigenvalue weighted by atomic mass is 9.65. The third-order valence-electron chi connectivity index (χ3n) is 5.90. The second kappa shape index (κ2) is 4.36. The third-order valence-corrected chi connectivity index (χ3v) is 5.90. The fourth-order valence-electron chi connectivity index (χ4n) is 4.58. The quantitative estimate of drug-likeness (QED) is 0.786. The zero-order valence-corrected chi connectivity index (χ0v) is 12.0. The molecule has 0 saturated heterocycles. The number of hydrogen-bond acceptors (Lipinski definition) is 1. The Bertz CT molecular complexity index is 611. The van der Waals surface area contributed by atoms with Gasteiger partial charge in [0.15, 0.2) is 0 Å². The van der Waals surface area contributed by atoms with E-state index in [1.54, 1.807) is 0 Å². The van der Waals surface area contributed by atoms with E-state index in [2.05, 4.69) is 29.2 Å². The van der Waals surface area contributed by atoms with E-state index in [0.29, 0.717) is 5.41 Å². The number of aliphatic hydroxyl groups is 1. The molecular formula is C18H23NO. The summed E-state index contributed by atoms with van der Waals surface area (Å²) in [7, 11) is 0. The van der Waals surface area contributed by atoms with Crippen molar-refractivity contribution in [2.45, 2.75) is 57.0 Å². The molecule has 2 saturated carbocycles. The highest BCUT2D eigenvalue weighted by molar-refractivity contribution is 5.83. The van der Waals surface area contributed by atoms with E-state index in [1.165, 1.54) is 43.9 Å². The van der Waals surface area contributed by atoms with Crippen LogP contribution in [0.5, 0.6) is 0 Å². The predicted molar refractivity (Wildman–Crippen MR) is 81.6 cm³/mol. The van der Waals surface area contributed by atoms with Crippen LogP contribution in [-0.4, -0.2) is 10.1 Å². The molecule has 1 aromatic carbocycles. The first kappa shape index (κ1) is 12.5. The summed E-state index contributed by atoms with van der Waals surface area (Å²) in [5.74, 6) is 0. The Kier molecular flexibility index (Phi) is 2.71. The monoisotopic (exact) mass is 269 g/mol. The van der Waals surface area contributed by atoms with Crippen LogP contribution in [-0.2, 0) is 5.60 Å². The second-order valence-corrected chi connectivity index (χ2v) is 6.98. The van der Waals surface area contributed by atoms with E-state index in [-0.39, 0.29) is 0 Å². The number of aromatic amines is 1. The molecule has 4 rings (SSSR count). The van der Waals surface area contributed by atoms with Gasteiger partial charge in [-0.15, -0.1) is 0 Å². The zero-order chi connectivity index (χ0) is 13.6. The van der Waals surface area contributed by atoms with Crippen molar-refractivity contribution in [3.8, 4) is 0 Å². The Morgan fingerprint density at radius 1 is 0.900 bits per heavy atom. The van der Waals surface area contributed by atoms with Crippen LogP contribution >= 0.6 is 0 Å². The fraction of sp³-hybridized carbons (Fsp3) is 0.556. The average Bonchev–Trinajstić information content (AvgIpc) is 3.12. The number of H-pyrrole nitrogens is 1. The molecule has 0 aliphatic heterocycles. The van der Waals surface area contributed by atoms with Crippen molar-refractivity contribution in [3.05, 3.63) is 36.0 Å². The summed E-state index contributed by atoms with van der Waals surface area (Å²) in [4.78, 5) is 3.25. The highest BCUT2D eigenvalue weighted by atomic mass is 16.3. The van der Waals surface area contributed by atoms with Gasteiger partial charge in [-0.05, 0) is 61.6 Å². The first-order chi connectivity index (χ1) is 9.71. The van der Waals surface area contributed by atoms with Gasteiger partial charge in [0.25, 0.3) is 0 Å². The molecule has 2 fully saturated rings. The van der Waals surface area contributed by atoms with Gasteiger partial charge in [-0.25, -0.2) is 0 Å². The molecule has 0 bridgehead atoms. The van der Waals surface area contributed by atoms with Crippen molar-refractivity contribution in [1.29, 1.82) is 0 Å². The molecule has 2 heteroatoms. The highest BCUT2D eigenvalue weighted by Gasteiger charge is 2.44. The van der Waals surface area contributed by atoms with Gasteiger partial charge in [-0.2, -0.15) is 0 Å². The van der Waals surface area contributed by atoms with Crippen LogP contribution in [0, 0.1) is 5.41 Å². The Labute approximate surface area is 120 Å². The summed E-state index contributed by atoms with van der Waals surface area (Å²) in [5.41, 5.74) is 2.22. The molecule has 0 amide bonds. The summed E-state index contributed by atoms with van der Waals surface area (Å²) < 4.78 is 0. The maximum atomic E-state index is 11.2. The van der Waals surface area contributed by atoms with Gasteiger partial charge in [0, 0.05) is 17.1 Å². The Balaban J connectivity index is 1.66. The maximum Gasteiger partial charge on any atom is 0.0903 e. The topological polar surface area (TPSA) is 36.0 Å². The molecule has 1 spiro atoms. The van der Waals surface area contributed by atoms with Crippen LogP contribution in [0.25, 0.3) is 10.9 Å². The van der Waals surface area contributed by atoms with Crippen molar-refractivity contribution in [1.82, 2.24) is 4.98 Å². The SMILES string of the molecule is OC1(c2cccc3[nH]ccc23)CCC2(CCCC2)CC1. The lowest BCUT2D eigenvalue weighted by molar-refractivity contribution is -0.0364. The standard InChI is InChI=1S/C18H23NO/c20-18(11-9-17(10-12-18)7-1-2-8-17)15-4-3-5-16-14(15)6-13-19-16/h3-6,13,19-20H,1-2,7-12H2. The van der Waals surface area contributed by atoms with Crippen LogP contribution < -0.4 is 0 Å². The van der Waals surface area contributed by atoms with E-state index in [9.17, 15) is 5.11 Å². The summed E-state index contributed by atoms with van der Waals surface area (Å²) in [6, 6.07) is 8.36. The number of nitrogens with one attached hydrogen (secondary N) is 1. The first-order valence-electron chi connectivity index (χ1n) is 8.00. The largest absolute Gasteiger partial charge is 0.385 e. The van der Waals surface area contributed by atoms with Gasteiger partial charge >= 0.3 is 0 Å². The first-order valence-corrected chi connectivity index (χ1v) is 8.00. The third kappa shape index (κ3) is 1.81. The minimum Gasteiger partial charge on any atom is -0.385 e. The van der Waals surface area contributed by atoms with Gasteiger partial charge in [-0.3, -0.25) is 0 Å². The molecule has 2 aliphatic carbocycles. The van der Waals surface area contributed by atoms with Gasteiger partial charge in [0.05, 0.1) is 5.60 Å². The normalized spacial score (nSPS) is 24.4. The Morgan fingerprint density at radius 2 is 1.65 bits per heavy atom. The van der Waals surface area contributed by atoms with Crippen molar-refractivity contribution < 1.29 is 5.11 Å². The molecule has 2 aromatic rings. The summed E-state index contributed by atoms with van der Waals surface area (Å²) in [6.45, 7) is 0. The summed E-state index contributed by atoms with van der Waals surface area (Å²) in [5, 5.41) is 12.4. The minimum atomic E-state index is -0.616. The Hall–Kier alpha value is -1.28. The number of rotatable bonds is 1. The molecule has 0 atom stereocenters. The smallest absolute Gasteiger partial charge is 0.0903 e. The number of fused-ring (bicyclic) bond motifs is 1. The molecule has 2 nitrogen and oxygen atoms in total. The minimum absolute atomic E-state index is 0.568. The lowest BCUT2D eigenvalue weighted by Gasteiger charge is -2.42. The molecule has 20 heavy (non-hydrogen) atoms.